The molecule has 1 aromatic rings. The van der Waals surface area contributed by atoms with E-state index >= 15 is 0 Å². The van der Waals surface area contributed by atoms with Gasteiger partial charge in [-0.2, -0.15) is 0 Å². The third-order valence-corrected chi connectivity index (χ3v) is 2.32. The fourth-order valence-corrected chi connectivity index (χ4v) is 1.17. The first-order valence-corrected chi connectivity index (χ1v) is 5.08. The van der Waals surface area contributed by atoms with Gasteiger partial charge in [0.15, 0.2) is 11.6 Å². The standard InChI is InChI=1S/C11H13F3N2O/c1-3-16(2)10(17)6-15-9-5-7(12)4-8(13)11(9)14/h4-5,15H,3,6H2,1-2H3. The number of benzene rings is 1. The Kier molecular flexibility index (Phi) is 4.37. The maximum Gasteiger partial charge on any atom is 0.241 e. The molecule has 0 spiro atoms. The second-order valence-electron chi connectivity index (χ2n) is 3.51. The monoisotopic (exact) mass is 246 g/mol. The molecule has 17 heavy (non-hydrogen) atoms. The molecule has 0 saturated carbocycles. The normalized spacial score (nSPS) is 10.2. The second-order valence-corrected chi connectivity index (χ2v) is 3.51. The number of nitrogens with zero attached hydrogens (tertiary/aromatic N) is 1. The van der Waals surface area contributed by atoms with E-state index in [0.29, 0.717) is 12.6 Å². The molecule has 94 valence electrons. The van der Waals surface area contributed by atoms with Crippen molar-refractivity contribution in [2.45, 2.75) is 6.92 Å². The molecule has 0 radical (unpaired) electrons. The molecule has 0 atom stereocenters. The predicted octanol–water partition coefficient (Wildman–Crippen LogP) is 1.99. The average molecular weight is 246 g/mol. The van der Waals surface area contributed by atoms with E-state index in [4.69, 9.17) is 0 Å². The molecule has 1 aromatic carbocycles. The van der Waals surface area contributed by atoms with Gasteiger partial charge in [0.25, 0.3) is 0 Å². The van der Waals surface area contributed by atoms with Crippen LogP contribution in [-0.4, -0.2) is 30.9 Å². The van der Waals surface area contributed by atoms with Gasteiger partial charge in [-0.15, -0.1) is 0 Å². The summed E-state index contributed by atoms with van der Waals surface area (Å²) in [5, 5.41) is 2.36. The van der Waals surface area contributed by atoms with Crippen LogP contribution in [0.2, 0.25) is 0 Å². The van der Waals surface area contributed by atoms with Crippen LogP contribution in [0.5, 0.6) is 0 Å². The molecule has 0 fully saturated rings. The summed E-state index contributed by atoms with van der Waals surface area (Å²) in [5.74, 6) is -3.68. The second kappa shape index (κ2) is 5.56. The maximum atomic E-state index is 13.2. The number of likely N-dealkylation sites (N-methyl/N-ethyl adjacent to an activating group) is 1. The highest BCUT2D eigenvalue weighted by atomic mass is 19.2. The average Bonchev–Trinajstić information content (AvgIpc) is 2.30. The highest BCUT2D eigenvalue weighted by Crippen LogP contribution is 2.18. The Bertz CT molecular complexity index is 423. The number of carbonyl (C=O) groups is 1. The number of carbonyl (C=O) groups excluding carboxylic acids is 1. The van der Waals surface area contributed by atoms with Gasteiger partial charge in [-0.05, 0) is 6.92 Å². The van der Waals surface area contributed by atoms with Crippen molar-refractivity contribution >= 4 is 11.6 Å². The van der Waals surface area contributed by atoms with E-state index in [2.05, 4.69) is 5.32 Å². The van der Waals surface area contributed by atoms with Crippen molar-refractivity contribution in [2.75, 3.05) is 25.5 Å². The van der Waals surface area contributed by atoms with E-state index in [-0.39, 0.29) is 18.1 Å². The lowest BCUT2D eigenvalue weighted by molar-refractivity contribution is -0.127. The zero-order chi connectivity index (χ0) is 13.0. The number of hydrogen-bond donors (Lipinski definition) is 1. The van der Waals surface area contributed by atoms with Crippen molar-refractivity contribution in [2.24, 2.45) is 0 Å². The minimum Gasteiger partial charge on any atom is -0.374 e. The largest absolute Gasteiger partial charge is 0.374 e. The summed E-state index contributed by atoms with van der Waals surface area (Å²) in [4.78, 5) is 12.8. The lowest BCUT2D eigenvalue weighted by Gasteiger charge is -2.15. The van der Waals surface area contributed by atoms with Crippen molar-refractivity contribution in [3.63, 3.8) is 0 Å². The summed E-state index contributed by atoms with van der Waals surface area (Å²) in [6.45, 7) is 2.06. The van der Waals surface area contributed by atoms with Gasteiger partial charge >= 0.3 is 0 Å². The Labute approximate surface area is 97.2 Å². The smallest absolute Gasteiger partial charge is 0.241 e. The number of rotatable bonds is 4. The summed E-state index contributed by atoms with van der Waals surface area (Å²) >= 11 is 0. The predicted molar refractivity (Wildman–Crippen MR) is 58.1 cm³/mol. The van der Waals surface area contributed by atoms with Gasteiger partial charge in [-0.25, -0.2) is 13.2 Å². The van der Waals surface area contributed by atoms with E-state index in [1.54, 1.807) is 14.0 Å². The summed E-state index contributed by atoms with van der Waals surface area (Å²) < 4.78 is 38.8. The highest BCUT2D eigenvalue weighted by Gasteiger charge is 2.12. The Morgan fingerprint density at radius 2 is 2.00 bits per heavy atom. The van der Waals surface area contributed by atoms with Crippen LogP contribution in [0.4, 0.5) is 18.9 Å². The number of nitrogens with one attached hydrogen (secondary N) is 1. The molecule has 0 bridgehead atoms. The maximum absolute atomic E-state index is 13.2. The van der Waals surface area contributed by atoms with Gasteiger partial charge in [0.05, 0.1) is 12.2 Å². The Morgan fingerprint density at radius 3 is 2.59 bits per heavy atom. The summed E-state index contributed by atoms with van der Waals surface area (Å²) in [5.41, 5.74) is -0.361. The minimum atomic E-state index is -1.29. The molecule has 0 heterocycles. The van der Waals surface area contributed by atoms with Crippen LogP contribution in [-0.2, 0) is 4.79 Å². The zero-order valence-electron chi connectivity index (χ0n) is 9.56. The third kappa shape index (κ3) is 3.37. The Balaban J connectivity index is 2.73. The van der Waals surface area contributed by atoms with E-state index in [9.17, 15) is 18.0 Å². The SMILES string of the molecule is CCN(C)C(=O)CNc1cc(F)cc(F)c1F. The fraction of sp³-hybridized carbons (Fsp3) is 0.364. The van der Waals surface area contributed by atoms with E-state index in [1.165, 1.54) is 4.90 Å². The number of amides is 1. The van der Waals surface area contributed by atoms with Gasteiger partial charge in [0.1, 0.15) is 5.82 Å². The number of anilines is 1. The molecule has 0 aromatic heterocycles. The van der Waals surface area contributed by atoms with Crippen molar-refractivity contribution < 1.29 is 18.0 Å². The van der Waals surface area contributed by atoms with Crippen molar-refractivity contribution in [1.82, 2.24) is 4.90 Å². The molecule has 0 aliphatic carbocycles. The molecule has 1 N–H and O–H groups in total. The lowest BCUT2D eigenvalue weighted by atomic mass is 10.2. The first-order chi connectivity index (χ1) is 7.95. The van der Waals surface area contributed by atoms with Gasteiger partial charge in [-0.3, -0.25) is 4.79 Å². The fourth-order valence-electron chi connectivity index (χ4n) is 1.17. The Hall–Kier alpha value is -1.72. The van der Waals surface area contributed by atoms with Crippen LogP contribution in [0.25, 0.3) is 0 Å². The molecule has 3 nitrogen and oxygen atoms in total. The highest BCUT2D eigenvalue weighted by molar-refractivity contribution is 5.80. The molecular weight excluding hydrogens is 233 g/mol. The van der Waals surface area contributed by atoms with Gasteiger partial charge in [-0.1, -0.05) is 0 Å². The summed E-state index contributed by atoms with van der Waals surface area (Å²) in [6.07, 6.45) is 0. The van der Waals surface area contributed by atoms with Gasteiger partial charge in [0, 0.05) is 25.7 Å². The van der Waals surface area contributed by atoms with E-state index in [1.807, 2.05) is 0 Å². The molecule has 0 aliphatic rings. The summed E-state index contributed by atoms with van der Waals surface area (Å²) in [7, 11) is 1.58. The quantitative estimate of drug-likeness (QED) is 0.824. The van der Waals surface area contributed by atoms with Crippen molar-refractivity contribution in [3.8, 4) is 0 Å². The number of hydrogen-bond acceptors (Lipinski definition) is 2. The van der Waals surface area contributed by atoms with Crippen LogP contribution in [0.15, 0.2) is 12.1 Å². The van der Waals surface area contributed by atoms with Crippen LogP contribution in [0.3, 0.4) is 0 Å². The van der Waals surface area contributed by atoms with Crippen LogP contribution >= 0.6 is 0 Å². The first kappa shape index (κ1) is 13.3. The van der Waals surface area contributed by atoms with Gasteiger partial charge in [0.2, 0.25) is 5.91 Å². The minimum absolute atomic E-state index is 0.218. The third-order valence-electron chi connectivity index (χ3n) is 2.32. The zero-order valence-corrected chi connectivity index (χ0v) is 9.56. The molecular formula is C11H13F3N2O. The number of halogens is 3. The van der Waals surface area contributed by atoms with Crippen molar-refractivity contribution in [1.29, 1.82) is 0 Å². The van der Waals surface area contributed by atoms with Crippen LogP contribution in [0, 0.1) is 17.5 Å². The van der Waals surface area contributed by atoms with Crippen LogP contribution < -0.4 is 5.32 Å². The molecule has 0 aliphatic heterocycles. The van der Waals surface area contributed by atoms with Crippen LogP contribution in [0.1, 0.15) is 6.92 Å². The topological polar surface area (TPSA) is 32.3 Å². The molecule has 0 saturated heterocycles. The van der Waals surface area contributed by atoms with Gasteiger partial charge < -0.3 is 10.2 Å². The summed E-state index contributed by atoms with van der Waals surface area (Å²) in [6, 6.07) is 1.25. The molecule has 1 amide bonds. The first-order valence-electron chi connectivity index (χ1n) is 5.08. The van der Waals surface area contributed by atoms with E-state index in [0.717, 1.165) is 6.07 Å². The Morgan fingerprint density at radius 1 is 1.35 bits per heavy atom. The molecule has 0 unspecified atom stereocenters. The lowest BCUT2D eigenvalue weighted by Crippen LogP contribution is -2.32. The molecule has 1 rings (SSSR count). The van der Waals surface area contributed by atoms with Crippen molar-refractivity contribution in [3.05, 3.63) is 29.6 Å². The molecule has 6 heteroatoms. The van der Waals surface area contributed by atoms with E-state index < -0.39 is 17.5 Å².